The molecule has 2 atom stereocenters. The van der Waals surface area contributed by atoms with Gasteiger partial charge in [0.1, 0.15) is 5.82 Å². The highest BCUT2D eigenvalue weighted by Crippen LogP contribution is 2.31. The molecule has 2 heterocycles. The number of imidazole rings is 1. The molecule has 2 aromatic carbocycles. The predicted octanol–water partition coefficient (Wildman–Crippen LogP) is 5.05. The zero-order valence-corrected chi connectivity index (χ0v) is 19.8. The van der Waals surface area contributed by atoms with Crippen LogP contribution in [0.3, 0.4) is 0 Å². The summed E-state index contributed by atoms with van der Waals surface area (Å²) in [6.45, 7) is 10.1. The number of amides is 1. The SMILES string of the molecule is CCN(CC)[C@@H]1CCO[C@H](c2ccc(NC(=O)c3ccc(Cn4ccnc4C)cc3)cc2)C1. The van der Waals surface area contributed by atoms with Gasteiger partial charge >= 0.3 is 0 Å². The maximum atomic E-state index is 12.7. The van der Waals surface area contributed by atoms with Gasteiger partial charge in [0.05, 0.1) is 6.10 Å². The van der Waals surface area contributed by atoms with E-state index in [1.54, 1.807) is 6.20 Å². The van der Waals surface area contributed by atoms with E-state index in [1.807, 2.05) is 49.5 Å². The van der Waals surface area contributed by atoms with E-state index < -0.39 is 0 Å². The lowest BCUT2D eigenvalue weighted by Gasteiger charge is -2.36. The number of ether oxygens (including phenoxy) is 1. The highest BCUT2D eigenvalue weighted by atomic mass is 16.5. The first-order chi connectivity index (χ1) is 16.1. The summed E-state index contributed by atoms with van der Waals surface area (Å²) in [6, 6.07) is 16.4. The number of carbonyl (C=O) groups excluding carboxylic acids is 1. The summed E-state index contributed by atoms with van der Waals surface area (Å²) < 4.78 is 8.14. The smallest absolute Gasteiger partial charge is 0.255 e. The molecule has 6 nitrogen and oxygen atoms in total. The van der Waals surface area contributed by atoms with Crippen LogP contribution >= 0.6 is 0 Å². The molecular weight excluding hydrogens is 412 g/mol. The maximum Gasteiger partial charge on any atom is 0.255 e. The van der Waals surface area contributed by atoms with E-state index in [4.69, 9.17) is 4.74 Å². The Morgan fingerprint density at radius 2 is 1.85 bits per heavy atom. The van der Waals surface area contributed by atoms with Crippen molar-refractivity contribution in [2.75, 3.05) is 25.0 Å². The number of aryl methyl sites for hydroxylation is 1. The number of rotatable bonds is 8. The molecule has 0 spiro atoms. The van der Waals surface area contributed by atoms with E-state index in [-0.39, 0.29) is 12.0 Å². The molecule has 1 aromatic heterocycles. The molecule has 1 aliphatic heterocycles. The van der Waals surface area contributed by atoms with Gasteiger partial charge in [0, 0.05) is 42.8 Å². The topological polar surface area (TPSA) is 59.4 Å². The van der Waals surface area contributed by atoms with E-state index in [0.29, 0.717) is 11.6 Å². The average molecular weight is 447 g/mol. The highest BCUT2D eigenvalue weighted by molar-refractivity contribution is 6.04. The first-order valence-electron chi connectivity index (χ1n) is 11.9. The summed E-state index contributed by atoms with van der Waals surface area (Å²) in [7, 11) is 0. The summed E-state index contributed by atoms with van der Waals surface area (Å²) in [4.78, 5) is 19.5. The van der Waals surface area contributed by atoms with Gasteiger partial charge < -0.3 is 19.5 Å². The van der Waals surface area contributed by atoms with E-state index >= 15 is 0 Å². The monoisotopic (exact) mass is 446 g/mol. The van der Waals surface area contributed by atoms with Crippen LogP contribution in [-0.4, -0.2) is 46.1 Å². The average Bonchev–Trinajstić information content (AvgIpc) is 3.25. The number of anilines is 1. The van der Waals surface area contributed by atoms with Gasteiger partial charge in [-0.25, -0.2) is 4.98 Å². The van der Waals surface area contributed by atoms with Crippen LogP contribution in [0.2, 0.25) is 0 Å². The molecule has 3 aromatic rings. The number of nitrogens with zero attached hydrogens (tertiary/aromatic N) is 3. The summed E-state index contributed by atoms with van der Waals surface area (Å²) in [5.41, 5.74) is 3.73. The fourth-order valence-electron chi connectivity index (χ4n) is 4.60. The maximum absolute atomic E-state index is 12.7. The van der Waals surface area contributed by atoms with Crippen molar-refractivity contribution in [2.45, 2.75) is 52.3 Å². The van der Waals surface area contributed by atoms with Crippen LogP contribution in [0.4, 0.5) is 5.69 Å². The molecule has 6 heteroatoms. The molecule has 0 unspecified atom stereocenters. The van der Waals surface area contributed by atoms with Crippen LogP contribution in [0.5, 0.6) is 0 Å². The molecule has 33 heavy (non-hydrogen) atoms. The first kappa shape index (κ1) is 23.2. The second-order valence-corrected chi connectivity index (χ2v) is 8.63. The minimum absolute atomic E-state index is 0.108. The van der Waals surface area contributed by atoms with Gasteiger partial charge in [0.15, 0.2) is 0 Å². The van der Waals surface area contributed by atoms with Crippen molar-refractivity contribution in [2.24, 2.45) is 0 Å². The van der Waals surface area contributed by atoms with Crippen LogP contribution in [0.15, 0.2) is 60.9 Å². The third kappa shape index (κ3) is 5.70. The van der Waals surface area contributed by atoms with Gasteiger partial charge in [-0.3, -0.25) is 4.79 Å². The van der Waals surface area contributed by atoms with Gasteiger partial charge in [0.2, 0.25) is 0 Å². The van der Waals surface area contributed by atoms with Gasteiger partial charge in [-0.05, 0) is 68.2 Å². The normalized spacial score (nSPS) is 18.4. The molecule has 0 bridgehead atoms. The molecule has 1 aliphatic rings. The fraction of sp³-hybridized carbons (Fsp3) is 0.407. The number of hydrogen-bond acceptors (Lipinski definition) is 4. The largest absolute Gasteiger partial charge is 0.373 e. The molecule has 0 saturated carbocycles. The molecule has 1 fully saturated rings. The molecule has 174 valence electrons. The Labute approximate surface area is 196 Å². The van der Waals surface area contributed by atoms with Gasteiger partial charge in [-0.1, -0.05) is 38.1 Å². The number of aromatic nitrogens is 2. The van der Waals surface area contributed by atoms with Crippen molar-refractivity contribution in [1.82, 2.24) is 14.5 Å². The van der Waals surface area contributed by atoms with E-state index in [9.17, 15) is 4.79 Å². The standard InChI is InChI=1S/C27H34N4O2/c1-4-30(5-2)25-14-17-33-26(18-25)22-10-12-24(13-11-22)29-27(32)23-8-6-21(7-9-23)19-31-16-15-28-20(31)3/h6-13,15-16,25-26H,4-5,14,17-19H2,1-3H3,(H,29,32)/t25-,26+/m1/s1. The van der Waals surface area contributed by atoms with E-state index in [2.05, 4.69) is 45.7 Å². The summed E-state index contributed by atoms with van der Waals surface area (Å²) in [6.07, 6.45) is 5.97. The number of nitrogens with one attached hydrogen (secondary N) is 1. The molecule has 0 radical (unpaired) electrons. The van der Waals surface area contributed by atoms with Crippen LogP contribution < -0.4 is 5.32 Å². The lowest BCUT2D eigenvalue weighted by atomic mass is 9.96. The van der Waals surface area contributed by atoms with E-state index in [1.165, 1.54) is 5.56 Å². The Hall–Kier alpha value is -2.96. The molecule has 1 N–H and O–H groups in total. The third-order valence-corrected chi connectivity index (χ3v) is 6.62. The first-order valence-corrected chi connectivity index (χ1v) is 11.9. The zero-order chi connectivity index (χ0) is 23.2. The third-order valence-electron chi connectivity index (χ3n) is 6.62. The van der Waals surface area contributed by atoms with Crippen molar-refractivity contribution in [3.8, 4) is 0 Å². The van der Waals surface area contributed by atoms with E-state index in [0.717, 1.165) is 56.2 Å². The molecule has 0 aliphatic carbocycles. The van der Waals surface area contributed by atoms with Crippen LogP contribution in [0, 0.1) is 6.92 Å². The van der Waals surface area contributed by atoms with Crippen molar-refractivity contribution >= 4 is 11.6 Å². The number of benzene rings is 2. The second kappa shape index (κ2) is 10.8. The fourth-order valence-corrected chi connectivity index (χ4v) is 4.60. The Morgan fingerprint density at radius 3 is 2.48 bits per heavy atom. The summed E-state index contributed by atoms with van der Waals surface area (Å²) >= 11 is 0. The Bertz CT molecular complexity index is 1040. The quantitative estimate of drug-likeness (QED) is 0.526. The molecule has 4 rings (SSSR count). The van der Waals surface area contributed by atoms with Crippen LogP contribution in [-0.2, 0) is 11.3 Å². The zero-order valence-electron chi connectivity index (χ0n) is 19.8. The van der Waals surface area contributed by atoms with Crippen molar-refractivity contribution in [1.29, 1.82) is 0 Å². The second-order valence-electron chi connectivity index (χ2n) is 8.63. The van der Waals surface area contributed by atoms with Gasteiger partial charge in [0.25, 0.3) is 5.91 Å². The Kier molecular flexibility index (Phi) is 7.57. The number of carbonyl (C=O) groups is 1. The van der Waals surface area contributed by atoms with Gasteiger partial charge in [-0.2, -0.15) is 0 Å². The highest BCUT2D eigenvalue weighted by Gasteiger charge is 2.27. The lowest BCUT2D eigenvalue weighted by molar-refractivity contribution is -0.0265. The van der Waals surface area contributed by atoms with Crippen molar-refractivity contribution in [3.05, 3.63) is 83.4 Å². The molecule has 1 amide bonds. The minimum Gasteiger partial charge on any atom is -0.373 e. The summed E-state index contributed by atoms with van der Waals surface area (Å²) in [5.74, 6) is 0.867. The van der Waals surface area contributed by atoms with Crippen molar-refractivity contribution < 1.29 is 9.53 Å². The molecule has 1 saturated heterocycles. The Morgan fingerprint density at radius 1 is 1.12 bits per heavy atom. The van der Waals surface area contributed by atoms with Gasteiger partial charge in [-0.15, -0.1) is 0 Å². The number of hydrogen-bond donors (Lipinski definition) is 1. The lowest BCUT2D eigenvalue weighted by Crippen LogP contribution is -2.40. The van der Waals surface area contributed by atoms with Crippen LogP contribution in [0.25, 0.3) is 0 Å². The molecular formula is C27H34N4O2. The van der Waals surface area contributed by atoms with Crippen LogP contribution in [0.1, 0.15) is 60.1 Å². The van der Waals surface area contributed by atoms with Crippen molar-refractivity contribution in [3.63, 3.8) is 0 Å². The minimum atomic E-state index is -0.108. The predicted molar refractivity (Wildman–Crippen MR) is 132 cm³/mol. The Balaban J connectivity index is 1.35. The summed E-state index contributed by atoms with van der Waals surface area (Å²) in [5, 5.41) is 3.00.